The maximum absolute atomic E-state index is 9.45. The second kappa shape index (κ2) is 7.14. The molecule has 0 aliphatic rings. The molecule has 4 aromatic rings. The molecule has 0 atom stereocenters. The topological polar surface area (TPSA) is 59.6 Å². The first-order valence-corrected chi connectivity index (χ1v) is 9.29. The SMILES string of the molecule is COc1ccccc1-c1nc2scc(-c3ccccc3OC)n2c1CC#N. The number of hydrogen-bond donors (Lipinski definition) is 0. The highest BCUT2D eigenvalue weighted by Crippen LogP contribution is 2.38. The molecule has 2 aromatic carbocycles. The van der Waals surface area contributed by atoms with Crippen molar-refractivity contribution in [2.45, 2.75) is 6.42 Å². The predicted molar refractivity (Wildman–Crippen MR) is 106 cm³/mol. The van der Waals surface area contributed by atoms with Crippen LogP contribution in [-0.2, 0) is 6.42 Å². The van der Waals surface area contributed by atoms with Crippen molar-refractivity contribution in [1.29, 1.82) is 5.26 Å². The highest BCUT2D eigenvalue weighted by Gasteiger charge is 2.21. The van der Waals surface area contributed by atoms with Crippen molar-refractivity contribution < 1.29 is 9.47 Å². The van der Waals surface area contributed by atoms with E-state index in [0.717, 1.165) is 44.7 Å². The summed E-state index contributed by atoms with van der Waals surface area (Å²) in [6.45, 7) is 0. The minimum atomic E-state index is 0.243. The minimum absolute atomic E-state index is 0.243. The van der Waals surface area contributed by atoms with Gasteiger partial charge >= 0.3 is 0 Å². The van der Waals surface area contributed by atoms with E-state index >= 15 is 0 Å². The zero-order chi connectivity index (χ0) is 18.8. The van der Waals surface area contributed by atoms with Crippen LogP contribution in [0.25, 0.3) is 27.5 Å². The van der Waals surface area contributed by atoms with Crippen molar-refractivity contribution in [3.8, 4) is 40.1 Å². The van der Waals surface area contributed by atoms with Crippen LogP contribution >= 0.6 is 11.3 Å². The third-order valence-corrected chi connectivity index (χ3v) is 5.28. The van der Waals surface area contributed by atoms with Gasteiger partial charge in [-0.15, -0.1) is 11.3 Å². The van der Waals surface area contributed by atoms with Crippen LogP contribution in [0.5, 0.6) is 11.5 Å². The van der Waals surface area contributed by atoms with E-state index in [1.807, 2.05) is 58.3 Å². The zero-order valence-corrected chi connectivity index (χ0v) is 15.8. The molecule has 0 spiro atoms. The van der Waals surface area contributed by atoms with Gasteiger partial charge in [0.25, 0.3) is 0 Å². The molecule has 134 valence electrons. The molecule has 27 heavy (non-hydrogen) atoms. The van der Waals surface area contributed by atoms with Gasteiger partial charge in [0.1, 0.15) is 11.5 Å². The summed E-state index contributed by atoms with van der Waals surface area (Å²) in [6.07, 6.45) is 0.243. The van der Waals surface area contributed by atoms with Crippen LogP contribution < -0.4 is 9.47 Å². The minimum Gasteiger partial charge on any atom is -0.496 e. The predicted octanol–water partition coefficient (Wildman–Crippen LogP) is 4.81. The van der Waals surface area contributed by atoms with Gasteiger partial charge in [0.15, 0.2) is 4.96 Å². The van der Waals surface area contributed by atoms with Crippen molar-refractivity contribution in [2.24, 2.45) is 0 Å². The Kier molecular flexibility index (Phi) is 4.53. The van der Waals surface area contributed by atoms with E-state index in [4.69, 9.17) is 14.5 Å². The van der Waals surface area contributed by atoms with E-state index in [2.05, 4.69) is 6.07 Å². The van der Waals surface area contributed by atoms with Crippen LogP contribution in [-0.4, -0.2) is 23.6 Å². The first-order chi connectivity index (χ1) is 13.3. The summed E-state index contributed by atoms with van der Waals surface area (Å²) in [5, 5.41) is 11.5. The average molecular weight is 375 g/mol. The van der Waals surface area contributed by atoms with Crippen molar-refractivity contribution in [3.05, 3.63) is 59.6 Å². The Hall–Kier alpha value is -3.30. The highest BCUT2D eigenvalue weighted by molar-refractivity contribution is 7.15. The molecule has 0 radical (unpaired) electrons. The lowest BCUT2D eigenvalue weighted by Gasteiger charge is -2.10. The molecule has 5 nitrogen and oxygen atoms in total. The van der Waals surface area contributed by atoms with Gasteiger partial charge in [-0.05, 0) is 24.3 Å². The van der Waals surface area contributed by atoms with Crippen molar-refractivity contribution in [1.82, 2.24) is 9.38 Å². The number of fused-ring (bicyclic) bond motifs is 1. The van der Waals surface area contributed by atoms with Gasteiger partial charge in [-0.3, -0.25) is 4.40 Å². The Morgan fingerprint density at radius 2 is 1.63 bits per heavy atom. The first-order valence-electron chi connectivity index (χ1n) is 8.41. The largest absolute Gasteiger partial charge is 0.496 e. The lowest BCUT2D eigenvalue weighted by Crippen LogP contribution is -1.97. The maximum Gasteiger partial charge on any atom is 0.195 e. The number of hydrogen-bond acceptors (Lipinski definition) is 5. The molecule has 0 N–H and O–H groups in total. The highest BCUT2D eigenvalue weighted by atomic mass is 32.1. The zero-order valence-electron chi connectivity index (χ0n) is 15.0. The summed E-state index contributed by atoms with van der Waals surface area (Å²) >= 11 is 1.54. The summed E-state index contributed by atoms with van der Waals surface area (Å²) in [7, 11) is 3.30. The van der Waals surface area contributed by atoms with Crippen molar-refractivity contribution in [2.75, 3.05) is 14.2 Å². The molecule has 0 saturated carbocycles. The van der Waals surface area contributed by atoms with Crippen molar-refractivity contribution in [3.63, 3.8) is 0 Å². The molecule has 0 saturated heterocycles. The lowest BCUT2D eigenvalue weighted by molar-refractivity contribution is 0.416. The van der Waals surface area contributed by atoms with E-state index in [1.54, 1.807) is 25.6 Å². The molecule has 0 amide bonds. The van der Waals surface area contributed by atoms with Gasteiger partial charge in [0.05, 0.1) is 43.8 Å². The average Bonchev–Trinajstić information content (AvgIpc) is 3.28. The number of nitriles is 1. The molecule has 0 aliphatic heterocycles. The number of benzene rings is 2. The van der Waals surface area contributed by atoms with E-state index in [-0.39, 0.29) is 6.42 Å². The van der Waals surface area contributed by atoms with E-state index in [9.17, 15) is 5.26 Å². The van der Waals surface area contributed by atoms with Crippen LogP contribution in [0, 0.1) is 11.3 Å². The number of imidazole rings is 1. The number of ether oxygens (including phenoxy) is 2. The third-order valence-electron chi connectivity index (χ3n) is 4.45. The second-order valence-corrected chi connectivity index (χ2v) is 6.72. The summed E-state index contributed by atoms with van der Waals surface area (Å²) < 4.78 is 13.1. The fourth-order valence-electron chi connectivity index (χ4n) is 3.25. The molecular formula is C21H17N3O2S. The number of thiazole rings is 1. The summed E-state index contributed by atoms with van der Waals surface area (Å²) in [5.41, 5.74) is 4.43. The molecule has 2 heterocycles. The van der Waals surface area contributed by atoms with E-state index in [1.165, 1.54) is 0 Å². The van der Waals surface area contributed by atoms with Crippen LogP contribution in [0.3, 0.4) is 0 Å². The fraction of sp³-hybridized carbons (Fsp3) is 0.143. The monoisotopic (exact) mass is 375 g/mol. The number of methoxy groups -OCH3 is 2. The van der Waals surface area contributed by atoms with Crippen LogP contribution in [0.4, 0.5) is 0 Å². The lowest BCUT2D eigenvalue weighted by atomic mass is 10.1. The molecule has 2 aromatic heterocycles. The Labute approximate surface area is 161 Å². The Morgan fingerprint density at radius 3 is 2.30 bits per heavy atom. The van der Waals surface area contributed by atoms with Gasteiger partial charge in [-0.1, -0.05) is 24.3 Å². The van der Waals surface area contributed by atoms with Crippen molar-refractivity contribution >= 4 is 16.3 Å². The van der Waals surface area contributed by atoms with Crippen LogP contribution in [0.15, 0.2) is 53.9 Å². The van der Waals surface area contributed by atoms with Gasteiger partial charge in [-0.25, -0.2) is 4.98 Å². The standard InChI is InChI=1S/C21H17N3O2S/c1-25-18-9-5-3-7-14(18)17-13-27-21-23-20(16(11-12-22)24(17)21)15-8-4-6-10-19(15)26-2/h3-10,13H,11H2,1-2H3. The summed E-state index contributed by atoms with van der Waals surface area (Å²) in [6, 6.07) is 17.9. The summed E-state index contributed by atoms with van der Waals surface area (Å²) in [4.78, 5) is 5.66. The smallest absolute Gasteiger partial charge is 0.195 e. The quantitative estimate of drug-likeness (QED) is 0.502. The Balaban J connectivity index is 2.01. The van der Waals surface area contributed by atoms with Crippen LogP contribution in [0.1, 0.15) is 5.69 Å². The van der Waals surface area contributed by atoms with E-state index < -0.39 is 0 Å². The molecule has 0 fully saturated rings. The molecule has 0 unspecified atom stereocenters. The fourth-order valence-corrected chi connectivity index (χ4v) is 4.16. The Morgan fingerprint density at radius 1 is 1.00 bits per heavy atom. The Bertz CT molecular complexity index is 1150. The number of nitrogens with zero attached hydrogens (tertiary/aromatic N) is 3. The third kappa shape index (κ3) is 2.82. The van der Waals surface area contributed by atoms with E-state index in [0.29, 0.717) is 0 Å². The van der Waals surface area contributed by atoms with Gasteiger partial charge in [-0.2, -0.15) is 5.26 Å². The van der Waals surface area contributed by atoms with Gasteiger partial charge in [0.2, 0.25) is 0 Å². The van der Waals surface area contributed by atoms with Crippen LogP contribution in [0.2, 0.25) is 0 Å². The second-order valence-electron chi connectivity index (χ2n) is 5.88. The molecule has 6 heteroatoms. The normalized spacial score (nSPS) is 10.7. The number of aromatic nitrogens is 2. The molecule has 0 aliphatic carbocycles. The molecule has 4 rings (SSSR count). The maximum atomic E-state index is 9.45. The summed E-state index contributed by atoms with van der Waals surface area (Å²) in [5.74, 6) is 1.52. The first kappa shape index (κ1) is 17.1. The van der Waals surface area contributed by atoms with Gasteiger partial charge < -0.3 is 9.47 Å². The number of para-hydroxylation sites is 2. The molecular weight excluding hydrogens is 358 g/mol. The number of rotatable bonds is 5. The van der Waals surface area contributed by atoms with Gasteiger partial charge in [0, 0.05) is 16.5 Å². The molecule has 0 bridgehead atoms.